The van der Waals surface area contributed by atoms with E-state index in [1.807, 2.05) is 6.07 Å². The Kier molecular flexibility index (Phi) is 3.58. The van der Waals surface area contributed by atoms with E-state index in [1.165, 1.54) is 0 Å². The minimum Gasteiger partial charge on any atom is -0.391 e. The molecule has 0 amide bonds. The second-order valence-corrected chi connectivity index (χ2v) is 4.60. The van der Waals surface area contributed by atoms with E-state index in [9.17, 15) is 5.11 Å². The van der Waals surface area contributed by atoms with Gasteiger partial charge in [-0.1, -0.05) is 13.8 Å². The number of aliphatic hydroxyl groups is 1. The van der Waals surface area contributed by atoms with Crippen LogP contribution in [0, 0.1) is 5.92 Å². The van der Waals surface area contributed by atoms with Gasteiger partial charge >= 0.3 is 0 Å². The monoisotopic (exact) mass is 234 g/mol. The zero-order chi connectivity index (χ0) is 12.3. The summed E-state index contributed by atoms with van der Waals surface area (Å²) in [6.07, 6.45) is 5.66. The van der Waals surface area contributed by atoms with Crippen LogP contribution in [0.25, 0.3) is 5.52 Å². The van der Waals surface area contributed by atoms with Crippen LogP contribution in [-0.2, 0) is 0 Å². The number of hydrogen-bond acceptors (Lipinski definition) is 4. The van der Waals surface area contributed by atoms with Gasteiger partial charge in [-0.2, -0.15) is 5.10 Å². The quantitative estimate of drug-likeness (QED) is 0.824. The van der Waals surface area contributed by atoms with E-state index in [0.29, 0.717) is 12.5 Å². The first kappa shape index (κ1) is 11.9. The van der Waals surface area contributed by atoms with Crippen molar-refractivity contribution in [1.29, 1.82) is 0 Å². The summed E-state index contributed by atoms with van der Waals surface area (Å²) in [4.78, 5) is 4.25. The highest BCUT2D eigenvalue weighted by Gasteiger charge is 2.08. The highest BCUT2D eigenvalue weighted by atomic mass is 16.3. The third-order valence-corrected chi connectivity index (χ3v) is 2.57. The Bertz CT molecular complexity index is 480. The molecule has 0 bridgehead atoms. The predicted octanol–water partition coefficient (Wildman–Crippen LogP) is 1.55. The summed E-state index contributed by atoms with van der Waals surface area (Å²) in [5.74, 6) is 1.25. The van der Waals surface area contributed by atoms with Crippen LogP contribution in [0.1, 0.15) is 20.3 Å². The number of nitrogens with zero attached hydrogens (tertiary/aromatic N) is 3. The fraction of sp³-hybridized carbons (Fsp3) is 0.500. The van der Waals surface area contributed by atoms with E-state index in [4.69, 9.17) is 0 Å². The normalized spacial score (nSPS) is 13.2. The molecule has 0 saturated carbocycles. The van der Waals surface area contributed by atoms with Gasteiger partial charge in [0.25, 0.3) is 0 Å². The zero-order valence-electron chi connectivity index (χ0n) is 10.2. The molecule has 0 aliphatic carbocycles. The third-order valence-electron chi connectivity index (χ3n) is 2.57. The summed E-state index contributed by atoms with van der Waals surface area (Å²) in [6.45, 7) is 4.70. The van der Waals surface area contributed by atoms with Crippen molar-refractivity contribution in [2.75, 3.05) is 11.9 Å². The number of aromatic nitrogens is 3. The van der Waals surface area contributed by atoms with Crippen LogP contribution in [-0.4, -0.2) is 32.4 Å². The molecule has 92 valence electrons. The van der Waals surface area contributed by atoms with Gasteiger partial charge in [0.15, 0.2) is 5.82 Å². The minimum absolute atomic E-state index is 0.347. The highest BCUT2D eigenvalue weighted by Crippen LogP contribution is 2.13. The van der Waals surface area contributed by atoms with Gasteiger partial charge in [0.2, 0.25) is 0 Å². The molecule has 0 radical (unpaired) electrons. The lowest BCUT2D eigenvalue weighted by Gasteiger charge is -2.14. The summed E-state index contributed by atoms with van der Waals surface area (Å²) >= 11 is 0. The molecule has 0 aromatic carbocycles. The predicted molar refractivity (Wildman–Crippen MR) is 66.9 cm³/mol. The van der Waals surface area contributed by atoms with Crippen LogP contribution < -0.4 is 5.32 Å². The molecule has 0 saturated heterocycles. The maximum absolute atomic E-state index is 9.79. The Balaban J connectivity index is 2.01. The first-order valence-corrected chi connectivity index (χ1v) is 5.87. The van der Waals surface area contributed by atoms with Gasteiger partial charge in [-0.3, -0.25) is 0 Å². The maximum Gasteiger partial charge on any atom is 0.152 e. The van der Waals surface area contributed by atoms with Gasteiger partial charge in [0.05, 0.1) is 12.3 Å². The molecule has 0 aliphatic rings. The summed E-state index contributed by atoms with van der Waals surface area (Å²) < 4.78 is 1.75. The van der Waals surface area contributed by atoms with Crippen molar-refractivity contribution in [3.8, 4) is 0 Å². The van der Waals surface area contributed by atoms with Crippen molar-refractivity contribution >= 4 is 11.3 Å². The van der Waals surface area contributed by atoms with Gasteiger partial charge in [0, 0.05) is 18.9 Å². The first-order valence-electron chi connectivity index (χ1n) is 5.87. The van der Waals surface area contributed by atoms with E-state index in [-0.39, 0.29) is 6.10 Å². The molecule has 2 N–H and O–H groups in total. The fourth-order valence-corrected chi connectivity index (χ4v) is 1.84. The first-order chi connectivity index (χ1) is 8.16. The molecule has 0 fully saturated rings. The SMILES string of the molecule is CC(C)CC(O)CNc1nccn2nccc12. The van der Waals surface area contributed by atoms with Crippen LogP contribution in [0.5, 0.6) is 0 Å². The van der Waals surface area contributed by atoms with Crippen molar-refractivity contribution < 1.29 is 5.11 Å². The van der Waals surface area contributed by atoms with Crippen molar-refractivity contribution in [2.45, 2.75) is 26.4 Å². The molecule has 1 atom stereocenters. The average Bonchev–Trinajstić information content (AvgIpc) is 2.73. The molecule has 2 aromatic heterocycles. The number of nitrogens with one attached hydrogen (secondary N) is 1. The second-order valence-electron chi connectivity index (χ2n) is 4.60. The highest BCUT2D eigenvalue weighted by molar-refractivity contribution is 5.66. The lowest BCUT2D eigenvalue weighted by Crippen LogP contribution is -2.21. The minimum atomic E-state index is -0.347. The van der Waals surface area contributed by atoms with Gasteiger partial charge in [-0.15, -0.1) is 0 Å². The fourth-order valence-electron chi connectivity index (χ4n) is 1.84. The Morgan fingerprint density at radius 1 is 1.41 bits per heavy atom. The van der Waals surface area contributed by atoms with E-state index < -0.39 is 0 Å². The Morgan fingerprint density at radius 2 is 2.24 bits per heavy atom. The average molecular weight is 234 g/mol. The molecule has 5 heteroatoms. The maximum atomic E-state index is 9.79. The Hall–Kier alpha value is -1.62. The van der Waals surface area contributed by atoms with Gasteiger partial charge in [-0.25, -0.2) is 9.50 Å². The summed E-state index contributed by atoms with van der Waals surface area (Å²) in [6, 6.07) is 1.89. The van der Waals surface area contributed by atoms with Crippen LogP contribution in [0.4, 0.5) is 5.82 Å². The summed E-state index contributed by atoms with van der Waals surface area (Å²) in [7, 11) is 0. The molecule has 2 rings (SSSR count). The van der Waals surface area contributed by atoms with E-state index >= 15 is 0 Å². The van der Waals surface area contributed by atoms with E-state index in [0.717, 1.165) is 17.8 Å². The smallest absolute Gasteiger partial charge is 0.152 e. The van der Waals surface area contributed by atoms with Gasteiger partial charge in [-0.05, 0) is 18.4 Å². The molecule has 17 heavy (non-hydrogen) atoms. The van der Waals surface area contributed by atoms with E-state index in [1.54, 1.807) is 23.1 Å². The van der Waals surface area contributed by atoms with Crippen LogP contribution in [0.2, 0.25) is 0 Å². The molecule has 2 heterocycles. The van der Waals surface area contributed by atoms with E-state index in [2.05, 4.69) is 29.2 Å². The third kappa shape index (κ3) is 2.94. The molecular formula is C12H18N4O. The lowest BCUT2D eigenvalue weighted by molar-refractivity contribution is 0.161. The van der Waals surface area contributed by atoms with Crippen molar-refractivity contribution in [3.63, 3.8) is 0 Å². The second kappa shape index (κ2) is 5.14. The lowest BCUT2D eigenvalue weighted by atomic mass is 10.1. The summed E-state index contributed by atoms with van der Waals surface area (Å²) in [5.41, 5.74) is 0.921. The molecular weight excluding hydrogens is 216 g/mol. The molecule has 2 aromatic rings. The Morgan fingerprint density at radius 3 is 3.00 bits per heavy atom. The van der Waals surface area contributed by atoms with Gasteiger partial charge < -0.3 is 10.4 Å². The topological polar surface area (TPSA) is 62.5 Å². The van der Waals surface area contributed by atoms with Crippen LogP contribution in [0.15, 0.2) is 24.7 Å². The molecule has 5 nitrogen and oxygen atoms in total. The standard InChI is InChI=1S/C12H18N4O/c1-9(2)7-10(17)8-14-12-11-3-4-15-16(11)6-5-13-12/h3-6,9-10,17H,7-8H2,1-2H3,(H,13,14). The van der Waals surface area contributed by atoms with Crippen LogP contribution >= 0.6 is 0 Å². The largest absolute Gasteiger partial charge is 0.391 e. The number of aliphatic hydroxyl groups excluding tert-OH is 1. The molecule has 0 aliphatic heterocycles. The van der Waals surface area contributed by atoms with Crippen molar-refractivity contribution in [1.82, 2.24) is 14.6 Å². The summed E-state index contributed by atoms with van der Waals surface area (Å²) in [5, 5.41) is 17.1. The number of rotatable bonds is 5. The van der Waals surface area contributed by atoms with Gasteiger partial charge in [0.1, 0.15) is 5.52 Å². The van der Waals surface area contributed by atoms with Crippen LogP contribution in [0.3, 0.4) is 0 Å². The van der Waals surface area contributed by atoms with Crippen molar-refractivity contribution in [2.24, 2.45) is 5.92 Å². The van der Waals surface area contributed by atoms with Crippen molar-refractivity contribution in [3.05, 3.63) is 24.7 Å². The number of hydrogen-bond donors (Lipinski definition) is 2. The zero-order valence-corrected chi connectivity index (χ0v) is 10.2. The molecule has 1 unspecified atom stereocenters. The molecule has 0 spiro atoms. The number of fused-ring (bicyclic) bond motifs is 1. The Labute approximate surface area is 100 Å². The number of anilines is 1.